The summed E-state index contributed by atoms with van der Waals surface area (Å²) < 4.78 is 63.5. The van der Waals surface area contributed by atoms with Crippen LogP contribution in [-0.4, -0.2) is 51.7 Å². The summed E-state index contributed by atoms with van der Waals surface area (Å²) in [6.45, 7) is -0.0238. The Labute approximate surface area is 301 Å². The molecule has 0 radical (unpaired) electrons. The van der Waals surface area contributed by atoms with Crippen molar-refractivity contribution >= 4 is 27.5 Å². The number of methoxy groups -OCH3 is 1. The highest BCUT2D eigenvalue weighted by Gasteiger charge is 2.31. The molecule has 0 saturated carbocycles. The van der Waals surface area contributed by atoms with Gasteiger partial charge >= 0.3 is 0 Å². The first-order valence-corrected chi connectivity index (χ1v) is 17.8. The van der Waals surface area contributed by atoms with E-state index in [0.29, 0.717) is 17.2 Å². The normalized spacial score (nSPS) is 12.4. The van der Waals surface area contributed by atoms with Crippen LogP contribution in [0.2, 0.25) is 0 Å². The number of benzene rings is 5. The molecule has 0 spiro atoms. The highest BCUT2D eigenvalue weighted by molar-refractivity contribution is 7.92. The number of nitrogens with one attached hydrogen (secondary N) is 2. The predicted molar refractivity (Wildman–Crippen MR) is 191 cm³/mol. The molecular formula is C39H36FN3O8S. The maximum absolute atomic E-state index is 14.1. The third kappa shape index (κ3) is 9.17. The van der Waals surface area contributed by atoms with Crippen LogP contribution in [0.1, 0.15) is 16.7 Å². The zero-order valence-electron chi connectivity index (χ0n) is 28.2. The molecule has 13 heteroatoms. The van der Waals surface area contributed by atoms with E-state index < -0.39 is 34.4 Å². The molecule has 1 aliphatic rings. The van der Waals surface area contributed by atoms with Crippen LogP contribution in [-0.2, 0) is 39.1 Å². The molecule has 6 rings (SSSR count). The second-order valence-electron chi connectivity index (χ2n) is 11.9. The largest absolute Gasteiger partial charge is 0.497 e. The van der Waals surface area contributed by atoms with Crippen molar-refractivity contribution < 1.29 is 41.3 Å². The first kappa shape index (κ1) is 35.7. The number of carbonyl (C=O) groups is 2. The summed E-state index contributed by atoms with van der Waals surface area (Å²) in [5.74, 6) is 0.782. The van der Waals surface area contributed by atoms with Gasteiger partial charge in [-0.25, -0.2) is 12.8 Å². The lowest BCUT2D eigenvalue weighted by Gasteiger charge is -2.31. The van der Waals surface area contributed by atoms with E-state index in [0.717, 1.165) is 28.8 Å². The first-order chi connectivity index (χ1) is 25.2. The molecule has 1 atom stereocenters. The summed E-state index contributed by atoms with van der Waals surface area (Å²) in [6, 6.07) is 31.6. The van der Waals surface area contributed by atoms with E-state index in [4.69, 9.17) is 18.9 Å². The molecule has 5 aromatic carbocycles. The minimum Gasteiger partial charge on any atom is -0.497 e. The number of rotatable bonds is 15. The van der Waals surface area contributed by atoms with Crippen molar-refractivity contribution in [1.82, 2.24) is 10.2 Å². The second kappa shape index (κ2) is 16.3. The van der Waals surface area contributed by atoms with Crippen molar-refractivity contribution in [2.24, 2.45) is 0 Å². The van der Waals surface area contributed by atoms with Crippen molar-refractivity contribution in [3.8, 4) is 23.0 Å². The fourth-order valence-electron chi connectivity index (χ4n) is 5.51. The summed E-state index contributed by atoms with van der Waals surface area (Å²) >= 11 is 0. The summed E-state index contributed by atoms with van der Waals surface area (Å²) in [7, 11) is -2.41. The fourth-order valence-corrected chi connectivity index (χ4v) is 6.57. The van der Waals surface area contributed by atoms with Crippen LogP contribution in [0.5, 0.6) is 23.0 Å². The smallest absolute Gasteiger partial charge is 0.261 e. The lowest BCUT2D eigenvalue weighted by Crippen LogP contribution is -2.51. The number of sulfonamides is 1. The quantitative estimate of drug-likeness (QED) is 0.141. The van der Waals surface area contributed by atoms with Gasteiger partial charge in [0.05, 0.1) is 12.0 Å². The highest BCUT2D eigenvalue weighted by atomic mass is 32.2. The first-order valence-electron chi connectivity index (χ1n) is 16.3. The third-order valence-corrected chi connectivity index (χ3v) is 9.68. The molecule has 2 amide bonds. The van der Waals surface area contributed by atoms with Crippen LogP contribution in [0.4, 0.5) is 10.1 Å². The number of anilines is 1. The Hall–Kier alpha value is -6.08. The Morgan fingerprint density at radius 2 is 1.48 bits per heavy atom. The maximum Gasteiger partial charge on any atom is 0.261 e. The number of ether oxygens (including phenoxy) is 4. The van der Waals surface area contributed by atoms with Gasteiger partial charge in [0, 0.05) is 25.2 Å². The summed E-state index contributed by atoms with van der Waals surface area (Å²) in [5, 5.41) is 2.99. The van der Waals surface area contributed by atoms with Crippen molar-refractivity contribution in [1.29, 1.82) is 0 Å². The van der Waals surface area contributed by atoms with Gasteiger partial charge in [-0.3, -0.25) is 14.3 Å². The number of amides is 2. The predicted octanol–water partition coefficient (Wildman–Crippen LogP) is 5.70. The monoisotopic (exact) mass is 725 g/mol. The summed E-state index contributed by atoms with van der Waals surface area (Å²) in [5.41, 5.74) is 2.62. The van der Waals surface area contributed by atoms with Gasteiger partial charge in [-0.15, -0.1) is 0 Å². The van der Waals surface area contributed by atoms with Gasteiger partial charge in [-0.05, 0) is 89.5 Å². The van der Waals surface area contributed by atoms with Gasteiger partial charge < -0.3 is 29.2 Å². The van der Waals surface area contributed by atoms with Crippen molar-refractivity contribution in [2.75, 3.05) is 25.2 Å². The molecule has 1 aliphatic heterocycles. The molecule has 0 aliphatic carbocycles. The van der Waals surface area contributed by atoms with Gasteiger partial charge in [0.1, 0.15) is 23.4 Å². The van der Waals surface area contributed by atoms with Crippen molar-refractivity contribution in [3.05, 3.63) is 144 Å². The maximum atomic E-state index is 14.1. The Bertz CT molecular complexity index is 2100. The second-order valence-corrected chi connectivity index (χ2v) is 13.5. The molecule has 0 fully saturated rings. The van der Waals surface area contributed by atoms with E-state index in [1.54, 1.807) is 31.4 Å². The minimum atomic E-state index is -3.98. The van der Waals surface area contributed by atoms with E-state index in [2.05, 4.69) is 10.0 Å². The zero-order chi connectivity index (χ0) is 36.5. The summed E-state index contributed by atoms with van der Waals surface area (Å²) in [4.78, 5) is 29.5. The van der Waals surface area contributed by atoms with Gasteiger partial charge in [0.2, 0.25) is 12.7 Å². The average Bonchev–Trinajstić information content (AvgIpc) is 3.64. The van der Waals surface area contributed by atoms with E-state index in [9.17, 15) is 22.4 Å². The van der Waals surface area contributed by atoms with Gasteiger partial charge in [-0.1, -0.05) is 48.5 Å². The molecule has 268 valence electrons. The Balaban J connectivity index is 1.21. The minimum absolute atomic E-state index is 0.0568. The molecule has 2 N–H and O–H groups in total. The number of halogens is 1. The number of carbonyl (C=O) groups excluding carboxylic acids is 2. The molecule has 1 unspecified atom stereocenters. The number of hydrogen-bond donors (Lipinski definition) is 2. The van der Waals surface area contributed by atoms with Crippen LogP contribution >= 0.6 is 0 Å². The molecular weight excluding hydrogens is 690 g/mol. The topological polar surface area (TPSA) is 132 Å². The molecule has 5 aromatic rings. The molecule has 11 nitrogen and oxygen atoms in total. The van der Waals surface area contributed by atoms with Gasteiger partial charge in [-0.2, -0.15) is 0 Å². The highest BCUT2D eigenvalue weighted by Crippen LogP contribution is 2.32. The van der Waals surface area contributed by atoms with Crippen LogP contribution in [0.3, 0.4) is 0 Å². The summed E-state index contributed by atoms with van der Waals surface area (Å²) in [6.07, 6.45) is 0.226. The molecule has 0 saturated heterocycles. The Morgan fingerprint density at radius 1 is 0.808 bits per heavy atom. The standard InChI is InChI=1S/C39H36FN3O8S/c1-48-32-14-7-28(8-15-32)24-43(38(44)25-49-33-16-18-34(19-17-33)52(46,47)42-31-12-10-30(40)11-13-31)35(21-27-5-3-2-4-6-27)39(45)41-23-29-9-20-36-37(22-29)51-26-50-36/h2-20,22,35,42H,21,23-26H2,1H3,(H,41,45). The van der Waals surface area contributed by atoms with E-state index in [1.807, 2.05) is 48.5 Å². The number of fused-ring (bicyclic) bond motifs is 1. The Morgan fingerprint density at radius 3 is 2.19 bits per heavy atom. The van der Waals surface area contributed by atoms with E-state index in [1.165, 1.54) is 41.3 Å². The van der Waals surface area contributed by atoms with Crippen LogP contribution in [0.15, 0.2) is 126 Å². The number of nitrogens with zero attached hydrogens (tertiary/aromatic N) is 1. The van der Waals surface area contributed by atoms with E-state index in [-0.39, 0.29) is 48.5 Å². The third-order valence-electron chi connectivity index (χ3n) is 8.28. The van der Waals surface area contributed by atoms with Crippen molar-refractivity contribution in [2.45, 2.75) is 30.4 Å². The van der Waals surface area contributed by atoms with Crippen LogP contribution < -0.4 is 29.0 Å². The van der Waals surface area contributed by atoms with Crippen molar-refractivity contribution in [3.63, 3.8) is 0 Å². The Kier molecular flexibility index (Phi) is 11.2. The lowest BCUT2D eigenvalue weighted by molar-refractivity contribution is -0.142. The fraction of sp³-hybridized carbons (Fsp3) is 0.179. The SMILES string of the molecule is COc1ccc(CN(C(=O)COc2ccc(S(=O)(=O)Nc3ccc(F)cc3)cc2)C(Cc2ccccc2)C(=O)NCc2ccc3c(c2)OCO3)cc1. The zero-order valence-corrected chi connectivity index (χ0v) is 29.0. The molecule has 52 heavy (non-hydrogen) atoms. The molecule has 0 aromatic heterocycles. The van der Waals surface area contributed by atoms with Crippen LogP contribution in [0.25, 0.3) is 0 Å². The van der Waals surface area contributed by atoms with E-state index >= 15 is 0 Å². The van der Waals surface area contributed by atoms with Gasteiger partial charge in [0.25, 0.3) is 15.9 Å². The molecule has 0 bridgehead atoms. The van der Waals surface area contributed by atoms with Crippen LogP contribution in [0, 0.1) is 5.82 Å². The lowest BCUT2D eigenvalue weighted by atomic mass is 10.0. The average molecular weight is 726 g/mol. The molecule has 1 heterocycles. The van der Waals surface area contributed by atoms with Gasteiger partial charge in [0.15, 0.2) is 18.1 Å². The number of hydrogen-bond acceptors (Lipinski definition) is 8.